The molecule has 146 valence electrons. The standard InChI is InChI=1S/C19H16F3N3O2S/c1-11-10-28-18(24-11)25-17(27)13-7-6-12(8-16(13)26)9-23-15-5-3-2-4-14(15)19(20,21)22/h2-8,10,23,26H,9H2,1H3,(H,24,25,27). The summed E-state index contributed by atoms with van der Waals surface area (Å²) >= 11 is 1.26. The van der Waals surface area contributed by atoms with Gasteiger partial charge in [-0.25, -0.2) is 4.98 Å². The summed E-state index contributed by atoms with van der Waals surface area (Å²) in [5.41, 5.74) is 0.512. The van der Waals surface area contributed by atoms with Crippen molar-refractivity contribution in [2.75, 3.05) is 10.6 Å². The zero-order valence-electron chi connectivity index (χ0n) is 14.7. The van der Waals surface area contributed by atoms with Crippen molar-refractivity contribution in [1.82, 2.24) is 4.98 Å². The first-order chi connectivity index (χ1) is 13.2. The molecule has 1 aromatic heterocycles. The molecule has 0 unspecified atom stereocenters. The quantitative estimate of drug-likeness (QED) is 0.554. The minimum atomic E-state index is -4.47. The van der Waals surface area contributed by atoms with Crippen molar-refractivity contribution in [3.8, 4) is 5.75 Å². The highest BCUT2D eigenvalue weighted by atomic mass is 32.1. The summed E-state index contributed by atoms with van der Waals surface area (Å²) in [7, 11) is 0. The molecule has 3 rings (SSSR count). The molecule has 2 aromatic carbocycles. The van der Waals surface area contributed by atoms with Crippen molar-refractivity contribution in [1.29, 1.82) is 0 Å². The number of nitrogens with one attached hydrogen (secondary N) is 2. The van der Waals surface area contributed by atoms with E-state index < -0.39 is 17.6 Å². The van der Waals surface area contributed by atoms with Crippen LogP contribution in [-0.4, -0.2) is 16.0 Å². The number of rotatable bonds is 5. The molecule has 1 amide bonds. The first-order valence-electron chi connectivity index (χ1n) is 8.19. The summed E-state index contributed by atoms with van der Waals surface area (Å²) in [6, 6.07) is 9.46. The summed E-state index contributed by atoms with van der Waals surface area (Å²) in [5.74, 6) is -0.789. The Hall–Kier alpha value is -3.07. The number of amides is 1. The molecule has 0 radical (unpaired) electrons. The largest absolute Gasteiger partial charge is 0.507 e. The second-order valence-corrected chi connectivity index (χ2v) is 6.85. The van der Waals surface area contributed by atoms with Crippen LogP contribution in [0.5, 0.6) is 5.75 Å². The van der Waals surface area contributed by atoms with Gasteiger partial charge >= 0.3 is 6.18 Å². The van der Waals surface area contributed by atoms with Crippen molar-refractivity contribution in [2.24, 2.45) is 0 Å². The number of aromatic hydroxyl groups is 1. The van der Waals surface area contributed by atoms with Gasteiger partial charge in [0.05, 0.1) is 16.8 Å². The number of phenols is 1. The number of phenolic OH excluding ortho intramolecular Hbond substituents is 1. The third-order valence-corrected chi connectivity index (χ3v) is 4.74. The van der Waals surface area contributed by atoms with Gasteiger partial charge in [0.25, 0.3) is 5.91 Å². The fraction of sp³-hybridized carbons (Fsp3) is 0.158. The van der Waals surface area contributed by atoms with E-state index in [1.54, 1.807) is 18.4 Å². The van der Waals surface area contributed by atoms with Gasteiger partial charge in [-0.15, -0.1) is 11.3 Å². The van der Waals surface area contributed by atoms with E-state index in [-0.39, 0.29) is 23.5 Å². The molecule has 0 bridgehead atoms. The number of carbonyl (C=O) groups is 1. The average molecular weight is 407 g/mol. The van der Waals surface area contributed by atoms with Crippen molar-refractivity contribution in [2.45, 2.75) is 19.6 Å². The molecule has 1 heterocycles. The van der Waals surface area contributed by atoms with Crippen LogP contribution in [0.25, 0.3) is 0 Å². The Morgan fingerprint density at radius 3 is 2.61 bits per heavy atom. The van der Waals surface area contributed by atoms with Crippen LogP contribution < -0.4 is 10.6 Å². The van der Waals surface area contributed by atoms with Gasteiger partial charge in [-0.05, 0) is 36.8 Å². The molecule has 0 aliphatic heterocycles. The Morgan fingerprint density at radius 2 is 1.96 bits per heavy atom. The SMILES string of the molecule is Cc1csc(NC(=O)c2ccc(CNc3ccccc3C(F)(F)F)cc2O)n1. The van der Waals surface area contributed by atoms with E-state index in [9.17, 15) is 23.1 Å². The molecular weight excluding hydrogens is 391 g/mol. The Kier molecular flexibility index (Phi) is 5.55. The molecule has 0 saturated heterocycles. The molecule has 0 spiro atoms. The van der Waals surface area contributed by atoms with E-state index in [4.69, 9.17) is 0 Å². The van der Waals surface area contributed by atoms with Gasteiger partial charge in [-0.2, -0.15) is 13.2 Å². The maximum atomic E-state index is 13.0. The molecule has 3 aromatic rings. The highest BCUT2D eigenvalue weighted by Gasteiger charge is 2.33. The average Bonchev–Trinajstić information content (AvgIpc) is 3.04. The van der Waals surface area contributed by atoms with E-state index in [1.807, 2.05) is 0 Å². The van der Waals surface area contributed by atoms with Gasteiger partial charge in [0.2, 0.25) is 0 Å². The van der Waals surface area contributed by atoms with Gasteiger partial charge in [-0.1, -0.05) is 18.2 Å². The number of hydrogen-bond acceptors (Lipinski definition) is 5. The Balaban J connectivity index is 1.70. The molecule has 0 saturated carbocycles. The molecule has 5 nitrogen and oxygen atoms in total. The summed E-state index contributed by atoms with van der Waals surface area (Å²) in [6.45, 7) is 1.84. The van der Waals surface area contributed by atoms with Gasteiger partial charge in [-0.3, -0.25) is 10.1 Å². The fourth-order valence-electron chi connectivity index (χ4n) is 2.54. The molecular formula is C19H16F3N3O2S. The monoisotopic (exact) mass is 407 g/mol. The maximum Gasteiger partial charge on any atom is 0.418 e. The number of thiazole rings is 1. The zero-order chi connectivity index (χ0) is 20.3. The Bertz CT molecular complexity index is 1000. The number of carbonyl (C=O) groups excluding carboxylic acids is 1. The van der Waals surface area contributed by atoms with Crippen LogP contribution in [0, 0.1) is 6.92 Å². The highest BCUT2D eigenvalue weighted by molar-refractivity contribution is 7.13. The Morgan fingerprint density at radius 1 is 1.21 bits per heavy atom. The third kappa shape index (κ3) is 4.61. The van der Waals surface area contributed by atoms with Gasteiger partial charge in [0.1, 0.15) is 5.75 Å². The number of aryl methyl sites for hydroxylation is 1. The van der Waals surface area contributed by atoms with E-state index in [1.165, 1.54) is 41.7 Å². The topological polar surface area (TPSA) is 74.2 Å². The summed E-state index contributed by atoms with van der Waals surface area (Å²) in [5, 5.41) is 17.6. The predicted octanol–water partition coefficient (Wildman–Crippen LogP) is 5.04. The first-order valence-corrected chi connectivity index (χ1v) is 9.07. The van der Waals surface area contributed by atoms with Gasteiger partial charge in [0.15, 0.2) is 5.13 Å². The van der Waals surface area contributed by atoms with E-state index in [2.05, 4.69) is 15.6 Å². The Labute approximate surface area is 162 Å². The number of aromatic nitrogens is 1. The second-order valence-electron chi connectivity index (χ2n) is 6.00. The molecule has 0 atom stereocenters. The second kappa shape index (κ2) is 7.89. The number of anilines is 2. The lowest BCUT2D eigenvalue weighted by Gasteiger charge is -2.14. The summed E-state index contributed by atoms with van der Waals surface area (Å²) in [4.78, 5) is 16.4. The van der Waals surface area contributed by atoms with Crippen LogP contribution in [-0.2, 0) is 12.7 Å². The third-order valence-electron chi connectivity index (χ3n) is 3.86. The minimum absolute atomic E-state index is 0.0484. The summed E-state index contributed by atoms with van der Waals surface area (Å²) in [6.07, 6.45) is -4.47. The lowest BCUT2D eigenvalue weighted by molar-refractivity contribution is -0.137. The number of nitrogens with zero attached hydrogens (tertiary/aromatic N) is 1. The molecule has 3 N–H and O–H groups in total. The molecule has 28 heavy (non-hydrogen) atoms. The zero-order valence-corrected chi connectivity index (χ0v) is 15.5. The van der Waals surface area contributed by atoms with Crippen molar-refractivity contribution < 1.29 is 23.1 Å². The van der Waals surface area contributed by atoms with E-state index in [0.29, 0.717) is 10.7 Å². The number of hydrogen-bond donors (Lipinski definition) is 3. The van der Waals surface area contributed by atoms with Crippen LogP contribution in [0.3, 0.4) is 0 Å². The summed E-state index contributed by atoms with van der Waals surface area (Å²) < 4.78 is 39.1. The van der Waals surface area contributed by atoms with Crippen molar-refractivity contribution >= 4 is 28.1 Å². The highest BCUT2D eigenvalue weighted by Crippen LogP contribution is 2.34. The lowest BCUT2D eigenvalue weighted by atomic mass is 10.1. The van der Waals surface area contributed by atoms with Crippen LogP contribution in [0.1, 0.15) is 27.2 Å². The van der Waals surface area contributed by atoms with Crippen LogP contribution >= 0.6 is 11.3 Å². The van der Waals surface area contributed by atoms with Crippen molar-refractivity contribution in [3.05, 3.63) is 70.2 Å². The number of alkyl halides is 3. The van der Waals surface area contributed by atoms with Crippen LogP contribution in [0.15, 0.2) is 47.8 Å². The number of benzene rings is 2. The molecule has 9 heteroatoms. The van der Waals surface area contributed by atoms with Gasteiger partial charge in [0, 0.05) is 17.6 Å². The minimum Gasteiger partial charge on any atom is -0.507 e. The normalized spacial score (nSPS) is 11.3. The smallest absolute Gasteiger partial charge is 0.418 e. The maximum absolute atomic E-state index is 13.0. The van der Waals surface area contributed by atoms with Crippen molar-refractivity contribution in [3.63, 3.8) is 0 Å². The van der Waals surface area contributed by atoms with E-state index in [0.717, 1.165) is 11.8 Å². The van der Waals surface area contributed by atoms with Crippen LogP contribution in [0.2, 0.25) is 0 Å². The number of halogens is 3. The predicted molar refractivity (Wildman–Crippen MR) is 102 cm³/mol. The van der Waals surface area contributed by atoms with Gasteiger partial charge < -0.3 is 10.4 Å². The van der Waals surface area contributed by atoms with E-state index >= 15 is 0 Å². The van der Waals surface area contributed by atoms with Crippen LogP contribution in [0.4, 0.5) is 24.0 Å². The first kappa shape index (κ1) is 19.7. The molecule has 0 fully saturated rings. The number of para-hydroxylation sites is 1. The molecule has 0 aliphatic rings. The fourth-order valence-corrected chi connectivity index (χ4v) is 3.22. The molecule has 0 aliphatic carbocycles. The lowest BCUT2D eigenvalue weighted by Crippen LogP contribution is -2.13.